The summed E-state index contributed by atoms with van der Waals surface area (Å²) in [5.74, 6) is -1.21. The van der Waals surface area contributed by atoms with Gasteiger partial charge in [0.25, 0.3) is 0 Å². The number of aliphatic hydroxyl groups excluding tert-OH is 1. The Labute approximate surface area is 205 Å². The van der Waals surface area contributed by atoms with Gasteiger partial charge >= 0.3 is 5.97 Å². The molecule has 0 fully saturated rings. The number of nitrogens with zero attached hydrogens (tertiary/aromatic N) is 2. The van der Waals surface area contributed by atoms with E-state index in [0.29, 0.717) is 12.1 Å². The number of aliphatic hydroxyl groups is 1. The van der Waals surface area contributed by atoms with E-state index in [2.05, 4.69) is 34.5 Å². The summed E-state index contributed by atoms with van der Waals surface area (Å²) < 4.78 is 0. The van der Waals surface area contributed by atoms with Crippen molar-refractivity contribution < 1.29 is 15.0 Å². The third kappa shape index (κ3) is 7.04. The number of carboxylic acid groups (broad SMARTS) is 1. The van der Waals surface area contributed by atoms with E-state index in [1.165, 1.54) is 17.3 Å². The van der Waals surface area contributed by atoms with E-state index in [1.54, 1.807) is 18.3 Å². The average Bonchev–Trinajstić information content (AvgIpc) is 2.87. The molecule has 0 saturated carbocycles. The monoisotopic (exact) mass is 473 g/mol. The van der Waals surface area contributed by atoms with Gasteiger partial charge < -0.3 is 27.0 Å². The summed E-state index contributed by atoms with van der Waals surface area (Å²) >= 11 is 0. The minimum absolute atomic E-state index is 0.259. The van der Waals surface area contributed by atoms with E-state index in [-0.39, 0.29) is 12.2 Å². The predicted octanol–water partition coefficient (Wildman–Crippen LogP) is 2.15. The van der Waals surface area contributed by atoms with Crippen LogP contribution in [0, 0.1) is 11.3 Å². The van der Waals surface area contributed by atoms with Gasteiger partial charge in [-0.05, 0) is 65.0 Å². The Morgan fingerprint density at radius 2 is 1.91 bits per heavy atom. The van der Waals surface area contributed by atoms with Crippen LogP contribution in [0.1, 0.15) is 34.7 Å². The number of carbonyl (C=O) groups is 1. The first-order valence-corrected chi connectivity index (χ1v) is 11.4. The number of aliphatic carboxylic acids is 1. The molecule has 8 nitrogen and oxygen atoms in total. The van der Waals surface area contributed by atoms with E-state index in [4.69, 9.17) is 21.8 Å². The SMILES string of the molecule is C/C(=C/C(=C\N/C=C(\N)C(=O)O)c1ccc(C#N)cc1)c1ccc2c(c1)CCN(C[C@@H](O)CN)C2. The van der Waals surface area contributed by atoms with Gasteiger partial charge in [0, 0.05) is 38.6 Å². The summed E-state index contributed by atoms with van der Waals surface area (Å²) in [5.41, 5.74) is 17.6. The van der Waals surface area contributed by atoms with Crippen molar-refractivity contribution >= 4 is 17.1 Å². The highest BCUT2D eigenvalue weighted by molar-refractivity contribution is 5.86. The largest absolute Gasteiger partial charge is 0.477 e. The summed E-state index contributed by atoms with van der Waals surface area (Å²) in [6.45, 7) is 4.51. The topological polar surface area (TPSA) is 149 Å². The highest BCUT2D eigenvalue weighted by Gasteiger charge is 2.18. The van der Waals surface area contributed by atoms with Gasteiger partial charge in [0.2, 0.25) is 0 Å². The number of hydrogen-bond donors (Lipinski definition) is 5. The molecule has 0 spiro atoms. The van der Waals surface area contributed by atoms with Crippen LogP contribution in [0.2, 0.25) is 0 Å². The molecule has 182 valence electrons. The Kier molecular flexibility index (Phi) is 8.81. The van der Waals surface area contributed by atoms with Gasteiger partial charge in [-0.2, -0.15) is 5.26 Å². The van der Waals surface area contributed by atoms with Gasteiger partial charge in [-0.1, -0.05) is 30.3 Å². The molecule has 0 unspecified atom stereocenters. The zero-order chi connectivity index (χ0) is 25.4. The second-order valence-electron chi connectivity index (χ2n) is 8.55. The molecule has 1 heterocycles. The lowest BCUT2D eigenvalue weighted by Crippen LogP contribution is -2.39. The molecule has 8 heteroatoms. The predicted molar refractivity (Wildman–Crippen MR) is 136 cm³/mol. The standard InChI is InChI=1S/C27H31N5O3/c1-18(21-6-7-23-16-32(17-25(33)13-29)9-8-22(23)11-21)10-24(14-31-15-26(30)27(34)35)20-4-2-19(12-28)3-5-20/h2-7,10-11,14-15,25,31,33H,8-9,13,16-17,29-30H2,1H3,(H,34,35)/b18-10-,24-14+,26-15-/t25-/m0/s1. The van der Waals surface area contributed by atoms with Crippen LogP contribution in [-0.4, -0.2) is 46.8 Å². The summed E-state index contributed by atoms with van der Waals surface area (Å²) in [6, 6.07) is 15.7. The van der Waals surface area contributed by atoms with Gasteiger partial charge in [0.1, 0.15) is 5.70 Å². The summed E-state index contributed by atoms with van der Waals surface area (Å²) in [5, 5.41) is 30.8. The second kappa shape index (κ2) is 12.0. The van der Waals surface area contributed by atoms with Crippen LogP contribution in [0.5, 0.6) is 0 Å². The molecule has 7 N–H and O–H groups in total. The number of nitrogens with two attached hydrogens (primary N) is 2. The van der Waals surface area contributed by atoms with Crippen LogP contribution < -0.4 is 16.8 Å². The van der Waals surface area contributed by atoms with Crippen molar-refractivity contribution in [1.29, 1.82) is 5.26 Å². The Hall–Kier alpha value is -3.90. The smallest absolute Gasteiger partial charge is 0.353 e. The van der Waals surface area contributed by atoms with Crippen LogP contribution in [-0.2, 0) is 17.8 Å². The van der Waals surface area contributed by atoms with Crippen LogP contribution in [0.3, 0.4) is 0 Å². The molecule has 3 rings (SSSR count). The normalized spacial score (nSPS) is 15.8. The Balaban J connectivity index is 1.86. The van der Waals surface area contributed by atoms with Gasteiger partial charge in [0.15, 0.2) is 0 Å². The molecule has 1 atom stereocenters. The van der Waals surface area contributed by atoms with Gasteiger partial charge in [-0.25, -0.2) is 4.79 Å². The highest BCUT2D eigenvalue weighted by Crippen LogP contribution is 2.27. The first kappa shape index (κ1) is 25.7. The fourth-order valence-electron chi connectivity index (χ4n) is 3.93. The molecule has 0 bridgehead atoms. The number of carboxylic acids is 1. The van der Waals surface area contributed by atoms with Crippen LogP contribution >= 0.6 is 0 Å². The van der Waals surface area contributed by atoms with Crippen LogP contribution in [0.15, 0.2) is 66.6 Å². The first-order chi connectivity index (χ1) is 16.8. The van der Waals surface area contributed by atoms with E-state index in [1.807, 2.05) is 25.1 Å². The van der Waals surface area contributed by atoms with Crippen LogP contribution in [0.25, 0.3) is 11.1 Å². The van der Waals surface area contributed by atoms with Crippen molar-refractivity contribution in [3.05, 3.63) is 94.5 Å². The fourth-order valence-corrected chi connectivity index (χ4v) is 3.93. The van der Waals surface area contributed by atoms with E-state index >= 15 is 0 Å². The molecule has 0 radical (unpaired) electrons. The minimum Gasteiger partial charge on any atom is -0.477 e. The highest BCUT2D eigenvalue weighted by atomic mass is 16.4. The first-order valence-electron chi connectivity index (χ1n) is 11.4. The molecule has 35 heavy (non-hydrogen) atoms. The Bertz CT molecular complexity index is 1190. The maximum Gasteiger partial charge on any atom is 0.353 e. The number of nitriles is 1. The number of benzene rings is 2. The van der Waals surface area contributed by atoms with Gasteiger partial charge in [-0.3, -0.25) is 4.90 Å². The van der Waals surface area contributed by atoms with Gasteiger partial charge in [-0.15, -0.1) is 0 Å². The molecule has 2 aromatic rings. The lowest BCUT2D eigenvalue weighted by atomic mass is 9.93. The fraction of sp³-hybridized carbons (Fsp3) is 0.259. The molecular weight excluding hydrogens is 442 g/mol. The average molecular weight is 474 g/mol. The van der Waals surface area contributed by atoms with Crippen molar-refractivity contribution in [2.24, 2.45) is 11.5 Å². The Morgan fingerprint density at radius 3 is 2.57 bits per heavy atom. The summed E-state index contributed by atoms with van der Waals surface area (Å²) in [4.78, 5) is 13.2. The maximum absolute atomic E-state index is 11.0. The van der Waals surface area contributed by atoms with Crippen molar-refractivity contribution in [2.75, 3.05) is 19.6 Å². The number of nitrogens with one attached hydrogen (secondary N) is 1. The number of fused-ring (bicyclic) bond motifs is 1. The zero-order valence-corrected chi connectivity index (χ0v) is 19.7. The molecule has 0 aromatic heterocycles. The number of hydrogen-bond acceptors (Lipinski definition) is 7. The molecule has 0 saturated heterocycles. The molecule has 0 amide bonds. The van der Waals surface area contributed by atoms with Crippen molar-refractivity contribution in [1.82, 2.24) is 10.2 Å². The third-order valence-electron chi connectivity index (χ3n) is 5.94. The zero-order valence-electron chi connectivity index (χ0n) is 19.7. The molecule has 1 aliphatic heterocycles. The number of allylic oxidation sites excluding steroid dienone is 3. The minimum atomic E-state index is -1.21. The van der Waals surface area contributed by atoms with Crippen molar-refractivity contribution in [3.63, 3.8) is 0 Å². The van der Waals surface area contributed by atoms with Gasteiger partial charge in [0.05, 0.1) is 17.7 Å². The lowest BCUT2D eigenvalue weighted by molar-refractivity contribution is -0.132. The quantitative estimate of drug-likeness (QED) is 0.275. The van der Waals surface area contributed by atoms with E-state index < -0.39 is 12.1 Å². The van der Waals surface area contributed by atoms with Crippen LogP contribution in [0.4, 0.5) is 0 Å². The maximum atomic E-state index is 11.0. The summed E-state index contributed by atoms with van der Waals surface area (Å²) in [7, 11) is 0. The summed E-state index contributed by atoms with van der Waals surface area (Å²) in [6.07, 6.45) is 5.30. The molecule has 0 aliphatic carbocycles. The molecular formula is C27H31N5O3. The second-order valence-corrected chi connectivity index (χ2v) is 8.55. The van der Waals surface area contributed by atoms with Crippen molar-refractivity contribution in [3.8, 4) is 6.07 Å². The Morgan fingerprint density at radius 1 is 1.20 bits per heavy atom. The van der Waals surface area contributed by atoms with E-state index in [0.717, 1.165) is 41.8 Å². The number of β-amino-alcohol motifs (C(OH)–C–C–N with tert-alkyl or cyclic N) is 1. The molecule has 1 aliphatic rings. The van der Waals surface area contributed by atoms with Crippen molar-refractivity contribution in [2.45, 2.75) is 26.0 Å². The molecule has 2 aromatic carbocycles. The van der Waals surface area contributed by atoms with E-state index in [9.17, 15) is 9.90 Å². The lowest BCUT2D eigenvalue weighted by Gasteiger charge is -2.30. The third-order valence-corrected chi connectivity index (χ3v) is 5.94. The number of rotatable bonds is 9.